The van der Waals surface area contributed by atoms with Crippen LogP contribution in [0.15, 0.2) is 42.5 Å². The lowest BCUT2D eigenvalue weighted by Gasteiger charge is -2.26. The number of hydrogen-bond acceptors (Lipinski definition) is 3. The summed E-state index contributed by atoms with van der Waals surface area (Å²) in [5, 5.41) is 9.05. The number of para-hydroxylation sites is 1. The zero-order chi connectivity index (χ0) is 17.1. The molecule has 126 valence electrons. The highest BCUT2D eigenvalue weighted by Crippen LogP contribution is 2.32. The monoisotopic (exact) mass is 325 g/mol. The minimum atomic E-state index is -0.734. The normalized spacial score (nSPS) is 17.1. The van der Waals surface area contributed by atoms with E-state index in [1.165, 1.54) is 0 Å². The standard InChI is InChI=1S/C20H23NO3/c1-14-5-3-6-15(2)20(14)24-18-10-8-16(9-11-18)21-12-4-7-17(21)13-19(22)23/h3,5-6,8-11,17H,4,7,12-13H2,1-2H3,(H,22,23). The third kappa shape index (κ3) is 3.53. The molecule has 4 heteroatoms. The summed E-state index contributed by atoms with van der Waals surface area (Å²) in [6, 6.07) is 14.1. The fourth-order valence-electron chi connectivity index (χ4n) is 3.37. The molecule has 1 unspecified atom stereocenters. The molecule has 1 N–H and O–H groups in total. The Labute approximate surface area is 142 Å². The van der Waals surface area contributed by atoms with Gasteiger partial charge in [-0.05, 0) is 62.1 Å². The van der Waals surface area contributed by atoms with Crippen LogP contribution in [0.5, 0.6) is 11.5 Å². The van der Waals surface area contributed by atoms with Crippen molar-refractivity contribution in [2.75, 3.05) is 11.4 Å². The molecular formula is C20H23NO3. The number of aryl methyl sites for hydroxylation is 2. The summed E-state index contributed by atoms with van der Waals surface area (Å²) >= 11 is 0. The van der Waals surface area contributed by atoms with Gasteiger partial charge >= 0.3 is 5.97 Å². The van der Waals surface area contributed by atoms with Gasteiger partial charge in [0.1, 0.15) is 11.5 Å². The van der Waals surface area contributed by atoms with Crippen molar-refractivity contribution in [2.24, 2.45) is 0 Å². The van der Waals surface area contributed by atoms with Crippen LogP contribution in [-0.4, -0.2) is 23.7 Å². The number of ether oxygens (including phenoxy) is 1. The molecule has 3 rings (SSSR count). The van der Waals surface area contributed by atoms with Crippen LogP contribution < -0.4 is 9.64 Å². The molecule has 0 aromatic heterocycles. The van der Waals surface area contributed by atoms with Gasteiger partial charge in [0.05, 0.1) is 6.42 Å². The predicted molar refractivity (Wildman–Crippen MR) is 95.1 cm³/mol. The first-order valence-electron chi connectivity index (χ1n) is 8.37. The van der Waals surface area contributed by atoms with Gasteiger partial charge in [0.2, 0.25) is 0 Å². The third-order valence-electron chi connectivity index (χ3n) is 4.58. The lowest BCUT2D eigenvalue weighted by atomic mass is 10.1. The summed E-state index contributed by atoms with van der Waals surface area (Å²) in [6.07, 6.45) is 2.17. The number of anilines is 1. The van der Waals surface area contributed by atoms with Crippen molar-refractivity contribution in [3.05, 3.63) is 53.6 Å². The molecule has 0 radical (unpaired) electrons. The van der Waals surface area contributed by atoms with E-state index in [1.54, 1.807) is 0 Å². The van der Waals surface area contributed by atoms with Gasteiger partial charge < -0.3 is 14.7 Å². The summed E-state index contributed by atoms with van der Waals surface area (Å²) in [6.45, 7) is 4.99. The quantitative estimate of drug-likeness (QED) is 0.877. The van der Waals surface area contributed by atoms with Crippen molar-refractivity contribution in [2.45, 2.75) is 39.2 Å². The molecule has 1 saturated heterocycles. The van der Waals surface area contributed by atoms with Crippen LogP contribution >= 0.6 is 0 Å². The Morgan fingerprint density at radius 1 is 1.17 bits per heavy atom. The predicted octanol–water partition coefficient (Wildman–Crippen LogP) is 4.54. The van der Waals surface area contributed by atoms with Gasteiger partial charge in [0.25, 0.3) is 0 Å². The van der Waals surface area contributed by atoms with Gasteiger partial charge in [0, 0.05) is 18.3 Å². The molecule has 1 atom stereocenters. The summed E-state index contributed by atoms with van der Waals surface area (Å²) < 4.78 is 6.04. The van der Waals surface area contributed by atoms with Gasteiger partial charge in [-0.25, -0.2) is 0 Å². The van der Waals surface area contributed by atoms with Crippen molar-refractivity contribution >= 4 is 11.7 Å². The van der Waals surface area contributed by atoms with E-state index in [2.05, 4.69) is 4.90 Å². The molecule has 0 spiro atoms. The lowest BCUT2D eigenvalue weighted by Crippen LogP contribution is -2.31. The van der Waals surface area contributed by atoms with Crippen molar-refractivity contribution in [3.8, 4) is 11.5 Å². The minimum absolute atomic E-state index is 0.0906. The Morgan fingerprint density at radius 3 is 2.46 bits per heavy atom. The largest absolute Gasteiger partial charge is 0.481 e. The van der Waals surface area contributed by atoms with Crippen LogP contribution in [-0.2, 0) is 4.79 Å². The fourth-order valence-corrected chi connectivity index (χ4v) is 3.37. The topological polar surface area (TPSA) is 49.8 Å². The van der Waals surface area contributed by atoms with Crippen LogP contribution in [0.1, 0.15) is 30.4 Å². The maximum atomic E-state index is 11.0. The van der Waals surface area contributed by atoms with Crippen molar-refractivity contribution in [1.29, 1.82) is 0 Å². The van der Waals surface area contributed by atoms with Crippen LogP contribution in [0.3, 0.4) is 0 Å². The van der Waals surface area contributed by atoms with Crippen molar-refractivity contribution < 1.29 is 14.6 Å². The lowest BCUT2D eigenvalue weighted by molar-refractivity contribution is -0.137. The van der Waals surface area contributed by atoms with E-state index in [9.17, 15) is 4.79 Å². The second kappa shape index (κ2) is 6.95. The Kier molecular flexibility index (Phi) is 4.74. The number of aliphatic carboxylic acids is 1. The van der Waals surface area contributed by atoms with Crippen molar-refractivity contribution in [3.63, 3.8) is 0 Å². The van der Waals surface area contributed by atoms with Crippen LogP contribution in [0, 0.1) is 13.8 Å². The van der Waals surface area contributed by atoms with Crippen LogP contribution in [0.25, 0.3) is 0 Å². The van der Waals surface area contributed by atoms with Gasteiger partial charge in [-0.1, -0.05) is 18.2 Å². The highest BCUT2D eigenvalue weighted by molar-refractivity contribution is 5.69. The molecule has 2 aromatic rings. The number of rotatable bonds is 5. The molecule has 24 heavy (non-hydrogen) atoms. The molecule has 0 saturated carbocycles. The van der Waals surface area contributed by atoms with E-state index >= 15 is 0 Å². The Bertz CT molecular complexity index is 704. The first-order valence-corrected chi connectivity index (χ1v) is 8.37. The number of nitrogens with zero attached hydrogens (tertiary/aromatic N) is 1. The van der Waals surface area contributed by atoms with E-state index in [1.807, 2.05) is 56.3 Å². The maximum Gasteiger partial charge on any atom is 0.305 e. The summed E-state index contributed by atoms with van der Waals surface area (Å²) in [5.74, 6) is 0.960. The number of benzene rings is 2. The smallest absolute Gasteiger partial charge is 0.305 e. The van der Waals surface area contributed by atoms with E-state index in [0.717, 1.165) is 47.7 Å². The van der Waals surface area contributed by atoms with E-state index in [-0.39, 0.29) is 12.5 Å². The number of hydrogen-bond donors (Lipinski definition) is 1. The summed E-state index contributed by atoms with van der Waals surface area (Å²) in [5.41, 5.74) is 3.29. The zero-order valence-corrected chi connectivity index (χ0v) is 14.2. The van der Waals surface area contributed by atoms with E-state index in [0.29, 0.717) is 0 Å². The van der Waals surface area contributed by atoms with Gasteiger partial charge in [-0.2, -0.15) is 0 Å². The van der Waals surface area contributed by atoms with Gasteiger partial charge in [-0.3, -0.25) is 4.79 Å². The summed E-state index contributed by atoms with van der Waals surface area (Å²) in [7, 11) is 0. The second-order valence-corrected chi connectivity index (χ2v) is 6.40. The second-order valence-electron chi connectivity index (χ2n) is 6.40. The fraction of sp³-hybridized carbons (Fsp3) is 0.350. The van der Waals surface area contributed by atoms with Gasteiger partial charge in [-0.15, -0.1) is 0 Å². The molecule has 1 heterocycles. The maximum absolute atomic E-state index is 11.0. The average molecular weight is 325 g/mol. The van der Waals surface area contributed by atoms with E-state index in [4.69, 9.17) is 9.84 Å². The van der Waals surface area contributed by atoms with Crippen molar-refractivity contribution in [1.82, 2.24) is 0 Å². The molecule has 0 aliphatic carbocycles. The number of carbonyl (C=O) groups is 1. The minimum Gasteiger partial charge on any atom is -0.481 e. The Hall–Kier alpha value is -2.49. The number of carboxylic acids is 1. The molecule has 1 fully saturated rings. The zero-order valence-electron chi connectivity index (χ0n) is 14.2. The SMILES string of the molecule is Cc1cccc(C)c1Oc1ccc(N2CCCC2CC(=O)O)cc1. The van der Waals surface area contributed by atoms with E-state index < -0.39 is 5.97 Å². The molecular weight excluding hydrogens is 302 g/mol. The molecule has 0 bridgehead atoms. The Morgan fingerprint density at radius 2 is 1.83 bits per heavy atom. The van der Waals surface area contributed by atoms with Crippen LogP contribution in [0.2, 0.25) is 0 Å². The highest BCUT2D eigenvalue weighted by Gasteiger charge is 2.26. The average Bonchev–Trinajstić information content (AvgIpc) is 2.99. The third-order valence-corrected chi connectivity index (χ3v) is 4.58. The van der Waals surface area contributed by atoms with Crippen LogP contribution in [0.4, 0.5) is 5.69 Å². The first-order chi connectivity index (χ1) is 11.5. The molecule has 4 nitrogen and oxygen atoms in total. The summed E-state index contributed by atoms with van der Waals surface area (Å²) in [4.78, 5) is 13.2. The Balaban J connectivity index is 1.75. The number of carboxylic acid groups (broad SMARTS) is 1. The molecule has 1 aliphatic rings. The molecule has 2 aromatic carbocycles. The van der Waals surface area contributed by atoms with Gasteiger partial charge in [0.15, 0.2) is 0 Å². The first kappa shape index (κ1) is 16.4. The molecule has 1 aliphatic heterocycles. The highest BCUT2D eigenvalue weighted by atomic mass is 16.5. The molecule has 0 amide bonds.